The zero-order valence-electron chi connectivity index (χ0n) is 19.7. The van der Waals surface area contributed by atoms with E-state index in [2.05, 4.69) is 5.32 Å². The van der Waals surface area contributed by atoms with E-state index in [4.69, 9.17) is 4.74 Å². The second-order valence-corrected chi connectivity index (χ2v) is 10.1. The summed E-state index contributed by atoms with van der Waals surface area (Å²) in [5, 5.41) is 2.91. The van der Waals surface area contributed by atoms with Gasteiger partial charge in [0.15, 0.2) is 0 Å². The summed E-state index contributed by atoms with van der Waals surface area (Å²) in [5.41, 5.74) is 4.96. The van der Waals surface area contributed by atoms with Crippen molar-refractivity contribution in [2.24, 2.45) is 0 Å². The lowest BCUT2D eigenvalue weighted by Crippen LogP contribution is -2.27. The highest BCUT2D eigenvalue weighted by atomic mass is 32.2. The van der Waals surface area contributed by atoms with Gasteiger partial charge in [0.05, 0.1) is 11.5 Å². The molecule has 0 bridgehead atoms. The van der Waals surface area contributed by atoms with Crippen LogP contribution in [0.4, 0.5) is 5.69 Å². The average molecular weight is 467 g/mol. The number of aryl methyl sites for hydroxylation is 3. The molecule has 0 aliphatic carbocycles. The van der Waals surface area contributed by atoms with Crippen LogP contribution in [0.5, 0.6) is 5.75 Å². The van der Waals surface area contributed by atoms with Gasteiger partial charge in [-0.05, 0) is 81.3 Å². The van der Waals surface area contributed by atoms with Crippen molar-refractivity contribution >= 4 is 21.6 Å². The van der Waals surface area contributed by atoms with E-state index in [9.17, 15) is 13.2 Å². The lowest BCUT2D eigenvalue weighted by molar-refractivity contribution is 0.102. The lowest BCUT2D eigenvalue weighted by Gasteiger charge is -2.20. The number of hydrogen-bond donors (Lipinski definition) is 1. The minimum absolute atomic E-state index is 0.0658. The fourth-order valence-electron chi connectivity index (χ4n) is 3.38. The first-order chi connectivity index (χ1) is 15.6. The van der Waals surface area contributed by atoms with Crippen LogP contribution in [0.25, 0.3) is 0 Å². The van der Waals surface area contributed by atoms with Crippen molar-refractivity contribution in [1.29, 1.82) is 0 Å². The van der Waals surface area contributed by atoms with Gasteiger partial charge < -0.3 is 10.1 Å². The van der Waals surface area contributed by atoms with E-state index in [0.29, 0.717) is 29.2 Å². The lowest BCUT2D eigenvalue weighted by atomic mass is 10.1. The summed E-state index contributed by atoms with van der Waals surface area (Å²) in [7, 11) is -2.18. The first kappa shape index (κ1) is 24.5. The van der Waals surface area contributed by atoms with Crippen molar-refractivity contribution < 1.29 is 17.9 Å². The highest BCUT2D eigenvalue weighted by Crippen LogP contribution is 2.25. The molecule has 3 aromatic rings. The number of sulfonamides is 1. The van der Waals surface area contributed by atoms with E-state index in [1.54, 1.807) is 42.5 Å². The molecule has 6 nitrogen and oxygen atoms in total. The SMILES string of the molecule is CCOc1ccc(C(=O)Nc2ccc(C)c(C)c2)cc1CN(C)S(=O)(=O)c1ccc(C)cc1. The Labute approximate surface area is 196 Å². The molecule has 0 spiro atoms. The van der Waals surface area contributed by atoms with E-state index in [-0.39, 0.29) is 17.3 Å². The molecule has 0 aliphatic heterocycles. The monoisotopic (exact) mass is 466 g/mol. The molecule has 0 aliphatic rings. The summed E-state index contributed by atoms with van der Waals surface area (Å²) in [6.07, 6.45) is 0. The molecule has 0 atom stereocenters. The highest BCUT2D eigenvalue weighted by molar-refractivity contribution is 7.89. The third kappa shape index (κ3) is 5.80. The topological polar surface area (TPSA) is 75.7 Å². The first-order valence-electron chi connectivity index (χ1n) is 10.8. The molecule has 1 N–H and O–H groups in total. The van der Waals surface area contributed by atoms with Crippen LogP contribution in [0.15, 0.2) is 65.6 Å². The Balaban J connectivity index is 1.87. The molecule has 0 fully saturated rings. The van der Waals surface area contributed by atoms with Gasteiger partial charge in [-0.3, -0.25) is 4.79 Å². The molecule has 3 aromatic carbocycles. The highest BCUT2D eigenvalue weighted by Gasteiger charge is 2.23. The Morgan fingerprint density at radius 1 is 0.939 bits per heavy atom. The van der Waals surface area contributed by atoms with E-state index in [1.165, 1.54) is 11.4 Å². The van der Waals surface area contributed by atoms with Gasteiger partial charge in [0, 0.05) is 30.4 Å². The molecule has 0 radical (unpaired) electrons. The summed E-state index contributed by atoms with van der Waals surface area (Å²) in [5.74, 6) is 0.276. The maximum atomic E-state index is 13.0. The van der Waals surface area contributed by atoms with Crippen LogP contribution >= 0.6 is 0 Å². The number of ether oxygens (including phenoxy) is 1. The van der Waals surface area contributed by atoms with Gasteiger partial charge in [-0.2, -0.15) is 4.31 Å². The zero-order valence-corrected chi connectivity index (χ0v) is 20.5. The molecule has 0 saturated heterocycles. The Hall–Kier alpha value is -3.16. The van der Waals surface area contributed by atoms with Crippen molar-refractivity contribution in [3.63, 3.8) is 0 Å². The first-order valence-corrected chi connectivity index (χ1v) is 12.2. The minimum Gasteiger partial charge on any atom is -0.494 e. The average Bonchev–Trinajstić information content (AvgIpc) is 2.77. The Morgan fingerprint density at radius 2 is 1.64 bits per heavy atom. The summed E-state index contributed by atoms with van der Waals surface area (Å²) < 4.78 is 33.0. The number of carbonyl (C=O) groups excluding carboxylic acids is 1. The van der Waals surface area contributed by atoms with Gasteiger partial charge >= 0.3 is 0 Å². The van der Waals surface area contributed by atoms with Gasteiger partial charge in [-0.1, -0.05) is 23.8 Å². The fraction of sp³-hybridized carbons (Fsp3) is 0.269. The second kappa shape index (κ2) is 10.2. The molecule has 1 amide bonds. The third-order valence-corrected chi connectivity index (χ3v) is 7.33. The third-order valence-electron chi connectivity index (χ3n) is 5.51. The van der Waals surface area contributed by atoms with Crippen LogP contribution in [0.1, 0.15) is 39.5 Å². The largest absolute Gasteiger partial charge is 0.494 e. The number of anilines is 1. The number of nitrogens with zero attached hydrogens (tertiary/aromatic N) is 1. The Morgan fingerprint density at radius 3 is 2.27 bits per heavy atom. The molecule has 0 heterocycles. The minimum atomic E-state index is -3.70. The van der Waals surface area contributed by atoms with E-state index in [1.807, 2.05) is 45.9 Å². The van der Waals surface area contributed by atoms with Crippen molar-refractivity contribution in [1.82, 2.24) is 4.31 Å². The van der Waals surface area contributed by atoms with Gasteiger partial charge in [0.2, 0.25) is 10.0 Å². The number of benzene rings is 3. The summed E-state index contributed by atoms with van der Waals surface area (Å²) >= 11 is 0. The number of nitrogens with one attached hydrogen (secondary N) is 1. The molecule has 0 saturated carbocycles. The van der Waals surface area contributed by atoms with Crippen LogP contribution < -0.4 is 10.1 Å². The predicted octanol–water partition coefficient (Wildman–Crippen LogP) is 5.08. The number of rotatable bonds is 8. The van der Waals surface area contributed by atoms with Crippen LogP contribution in [0.3, 0.4) is 0 Å². The van der Waals surface area contributed by atoms with Crippen molar-refractivity contribution in [3.8, 4) is 5.75 Å². The fourth-order valence-corrected chi connectivity index (χ4v) is 4.53. The van der Waals surface area contributed by atoms with Gasteiger partial charge in [0.25, 0.3) is 5.91 Å². The number of hydrogen-bond acceptors (Lipinski definition) is 4. The van der Waals surface area contributed by atoms with Gasteiger partial charge in [-0.15, -0.1) is 0 Å². The van der Waals surface area contributed by atoms with Crippen LogP contribution in [0, 0.1) is 20.8 Å². The molecule has 0 unspecified atom stereocenters. The Bertz CT molecular complexity index is 1250. The van der Waals surface area contributed by atoms with E-state index >= 15 is 0 Å². The molecular formula is C26H30N2O4S. The molecule has 33 heavy (non-hydrogen) atoms. The molecule has 0 aromatic heterocycles. The standard InChI is InChI=1S/C26H30N2O4S/c1-6-32-25-14-10-21(26(29)27-23-11-9-19(3)20(4)15-23)16-22(25)17-28(5)33(30,31)24-12-7-18(2)8-13-24/h7-16H,6,17H2,1-5H3,(H,27,29). The van der Waals surface area contributed by atoms with Crippen molar-refractivity contribution in [2.45, 2.75) is 39.1 Å². The van der Waals surface area contributed by atoms with Crippen molar-refractivity contribution in [3.05, 3.63) is 88.5 Å². The van der Waals surface area contributed by atoms with Crippen molar-refractivity contribution in [2.75, 3.05) is 19.0 Å². The normalized spacial score (nSPS) is 11.5. The number of carbonyl (C=O) groups is 1. The Kier molecular flexibility index (Phi) is 7.56. The van der Waals surface area contributed by atoms with E-state index in [0.717, 1.165) is 16.7 Å². The van der Waals surface area contributed by atoms with Gasteiger partial charge in [0.1, 0.15) is 5.75 Å². The maximum Gasteiger partial charge on any atom is 0.255 e. The summed E-state index contributed by atoms with van der Waals surface area (Å²) in [6.45, 7) is 8.26. The summed E-state index contributed by atoms with van der Waals surface area (Å²) in [6, 6.07) is 17.5. The smallest absolute Gasteiger partial charge is 0.255 e. The summed E-state index contributed by atoms with van der Waals surface area (Å²) in [4.78, 5) is 13.1. The molecule has 174 valence electrons. The maximum absolute atomic E-state index is 13.0. The zero-order chi connectivity index (χ0) is 24.2. The van der Waals surface area contributed by atoms with Crippen LogP contribution in [0.2, 0.25) is 0 Å². The van der Waals surface area contributed by atoms with Crippen LogP contribution in [-0.4, -0.2) is 32.3 Å². The quantitative estimate of drug-likeness (QED) is 0.502. The van der Waals surface area contributed by atoms with Gasteiger partial charge in [-0.25, -0.2) is 8.42 Å². The van der Waals surface area contributed by atoms with Crippen LogP contribution in [-0.2, 0) is 16.6 Å². The molecule has 7 heteroatoms. The second-order valence-electron chi connectivity index (χ2n) is 8.08. The number of amides is 1. The predicted molar refractivity (Wildman–Crippen MR) is 131 cm³/mol. The van der Waals surface area contributed by atoms with E-state index < -0.39 is 10.0 Å². The molecule has 3 rings (SSSR count). The molecular weight excluding hydrogens is 436 g/mol.